The van der Waals surface area contributed by atoms with E-state index < -0.39 is 10.0 Å². The third-order valence-corrected chi connectivity index (χ3v) is 4.42. The van der Waals surface area contributed by atoms with Crippen molar-refractivity contribution in [1.82, 2.24) is 0 Å². The maximum Gasteiger partial charge on any atom is 0.253 e. The summed E-state index contributed by atoms with van der Waals surface area (Å²) in [5.41, 5.74) is 1.17. The number of carbonyl (C=O) groups excluding carboxylic acids is 1. The molecule has 1 amide bonds. The van der Waals surface area contributed by atoms with Crippen LogP contribution in [-0.4, -0.2) is 40.3 Å². The number of carbonyl (C=O) groups is 1. The number of rotatable bonds is 4. The predicted molar refractivity (Wildman–Crippen MR) is 77.3 cm³/mol. The SMILES string of the molecule is CN(c1ccc(NC(=O)C2CCCO2)cc1)S(C)(=O)=O. The molecule has 2 rings (SSSR count). The first kappa shape index (κ1) is 14.8. The fourth-order valence-corrected chi connectivity index (χ4v) is 2.46. The van der Waals surface area contributed by atoms with Crippen LogP contribution in [0.3, 0.4) is 0 Å². The Balaban J connectivity index is 2.03. The van der Waals surface area contributed by atoms with Crippen molar-refractivity contribution in [2.45, 2.75) is 18.9 Å². The third-order valence-electron chi connectivity index (χ3n) is 3.22. The Morgan fingerprint density at radius 1 is 1.35 bits per heavy atom. The average molecular weight is 298 g/mol. The fraction of sp³-hybridized carbons (Fsp3) is 0.462. The van der Waals surface area contributed by atoms with E-state index in [1.807, 2.05) is 0 Å². The second-order valence-electron chi connectivity index (χ2n) is 4.77. The van der Waals surface area contributed by atoms with E-state index >= 15 is 0 Å². The van der Waals surface area contributed by atoms with Crippen molar-refractivity contribution < 1.29 is 17.9 Å². The molecular weight excluding hydrogens is 280 g/mol. The van der Waals surface area contributed by atoms with Gasteiger partial charge in [0.05, 0.1) is 11.9 Å². The van der Waals surface area contributed by atoms with Crippen molar-refractivity contribution in [3.05, 3.63) is 24.3 Å². The summed E-state index contributed by atoms with van der Waals surface area (Å²) in [6, 6.07) is 6.63. The van der Waals surface area contributed by atoms with Crippen molar-refractivity contribution in [3.8, 4) is 0 Å². The topological polar surface area (TPSA) is 75.7 Å². The summed E-state index contributed by atoms with van der Waals surface area (Å²) < 4.78 is 29.3. The van der Waals surface area contributed by atoms with E-state index in [-0.39, 0.29) is 12.0 Å². The Hall–Kier alpha value is -1.60. The second-order valence-corrected chi connectivity index (χ2v) is 6.78. The van der Waals surface area contributed by atoms with Crippen LogP contribution in [0.25, 0.3) is 0 Å². The van der Waals surface area contributed by atoms with E-state index in [0.717, 1.165) is 19.1 Å². The molecule has 0 aliphatic carbocycles. The lowest BCUT2D eigenvalue weighted by Gasteiger charge is -2.17. The van der Waals surface area contributed by atoms with Gasteiger partial charge in [0, 0.05) is 19.3 Å². The number of nitrogens with zero attached hydrogens (tertiary/aromatic N) is 1. The molecule has 1 saturated heterocycles. The number of nitrogens with one attached hydrogen (secondary N) is 1. The van der Waals surface area contributed by atoms with Crippen molar-refractivity contribution in [3.63, 3.8) is 0 Å². The number of anilines is 2. The minimum absolute atomic E-state index is 0.160. The summed E-state index contributed by atoms with van der Waals surface area (Å²) in [5, 5.41) is 2.76. The van der Waals surface area contributed by atoms with E-state index in [2.05, 4.69) is 5.32 Å². The molecule has 20 heavy (non-hydrogen) atoms. The normalized spacial score (nSPS) is 18.8. The zero-order valence-corrected chi connectivity index (χ0v) is 12.3. The van der Waals surface area contributed by atoms with Gasteiger partial charge in [-0.1, -0.05) is 0 Å². The van der Waals surface area contributed by atoms with Crippen LogP contribution in [0.1, 0.15) is 12.8 Å². The molecule has 1 heterocycles. The highest BCUT2D eigenvalue weighted by molar-refractivity contribution is 7.92. The molecule has 0 spiro atoms. The highest BCUT2D eigenvalue weighted by Crippen LogP contribution is 2.20. The van der Waals surface area contributed by atoms with Crippen molar-refractivity contribution in [1.29, 1.82) is 0 Å². The number of ether oxygens (including phenoxy) is 1. The second kappa shape index (κ2) is 5.80. The lowest BCUT2D eigenvalue weighted by Crippen LogP contribution is -2.27. The first-order valence-electron chi connectivity index (χ1n) is 6.34. The van der Waals surface area contributed by atoms with Crippen LogP contribution in [0.5, 0.6) is 0 Å². The summed E-state index contributed by atoms with van der Waals surface area (Å²) in [6.45, 7) is 0.621. The molecule has 6 nitrogen and oxygen atoms in total. The standard InChI is InChI=1S/C13H18N2O4S/c1-15(20(2,17)18)11-7-5-10(6-8-11)14-13(16)12-4-3-9-19-12/h5-8,12H,3-4,9H2,1-2H3,(H,14,16). The molecule has 1 unspecified atom stereocenters. The molecule has 1 fully saturated rings. The Bertz CT molecular complexity index is 577. The quantitative estimate of drug-likeness (QED) is 0.906. The lowest BCUT2D eigenvalue weighted by molar-refractivity contribution is -0.124. The van der Waals surface area contributed by atoms with Gasteiger partial charge in [-0.05, 0) is 37.1 Å². The molecular formula is C13H18N2O4S. The fourth-order valence-electron chi connectivity index (χ4n) is 1.95. The van der Waals surface area contributed by atoms with Crippen molar-refractivity contribution in [2.75, 3.05) is 29.5 Å². The Morgan fingerprint density at radius 3 is 2.50 bits per heavy atom. The molecule has 1 aliphatic heterocycles. The summed E-state index contributed by atoms with van der Waals surface area (Å²) >= 11 is 0. The van der Waals surface area contributed by atoms with Crippen LogP contribution in [0.15, 0.2) is 24.3 Å². The van der Waals surface area contributed by atoms with Gasteiger partial charge in [0.2, 0.25) is 10.0 Å². The third kappa shape index (κ3) is 3.49. The first-order valence-corrected chi connectivity index (χ1v) is 8.19. The average Bonchev–Trinajstić information content (AvgIpc) is 2.91. The van der Waals surface area contributed by atoms with E-state index in [1.165, 1.54) is 11.4 Å². The molecule has 0 bridgehead atoms. The number of sulfonamides is 1. The van der Waals surface area contributed by atoms with E-state index in [1.54, 1.807) is 24.3 Å². The Kier molecular flexibility index (Phi) is 4.29. The van der Waals surface area contributed by atoms with Crippen molar-refractivity contribution >= 4 is 27.3 Å². The van der Waals surface area contributed by atoms with Crippen LogP contribution in [0.2, 0.25) is 0 Å². The zero-order chi connectivity index (χ0) is 14.8. The summed E-state index contributed by atoms with van der Waals surface area (Å²) in [7, 11) is -1.80. The molecule has 7 heteroatoms. The summed E-state index contributed by atoms with van der Waals surface area (Å²) in [5.74, 6) is -0.160. The van der Waals surface area contributed by atoms with Gasteiger partial charge in [-0.25, -0.2) is 8.42 Å². The van der Waals surface area contributed by atoms with Crippen LogP contribution >= 0.6 is 0 Å². The molecule has 1 aromatic rings. The van der Waals surface area contributed by atoms with Gasteiger partial charge in [-0.15, -0.1) is 0 Å². The summed E-state index contributed by atoms with van der Waals surface area (Å²) in [6.07, 6.45) is 2.39. The molecule has 1 atom stereocenters. The van der Waals surface area contributed by atoms with Crippen LogP contribution in [0.4, 0.5) is 11.4 Å². The molecule has 110 valence electrons. The van der Waals surface area contributed by atoms with Gasteiger partial charge >= 0.3 is 0 Å². The largest absolute Gasteiger partial charge is 0.368 e. The maximum absolute atomic E-state index is 11.9. The van der Waals surface area contributed by atoms with Crippen LogP contribution in [0, 0.1) is 0 Å². The van der Waals surface area contributed by atoms with Gasteiger partial charge in [-0.3, -0.25) is 9.10 Å². The van der Waals surface area contributed by atoms with Gasteiger partial charge in [0.15, 0.2) is 0 Å². The van der Waals surface area contributed by atoms with Crippen molar-refractivity contribution in [2.24, 2.45) is 0 Å². The smallest absolute Gasteiger partial charge is 0.253 e. The lowest BCUT2D eigenvalue weighted by atomic mass is 10.2. The number of hydrogen-bond donors (Lipinski definition) is 1. The first-order chi connectivity index (χ1) is 9.38. The highest BCUT2D eigenvalue weighted by Gasteiger charge is 2.23. The molecule has 1 aromatic carbocycles. The molecule has 0 aromatic heterocycles. The number of hydrogen-bond acceptors (Lipinski definition) is 4. The Labute approximate surface area is 118 Å². The molecule has 0 radical (unpaired) electrons. The van der Waals surface area contributed by atoms with Crippen LogP contribution in [-0.2, 0) is 19.6 Å². The van der Waals surface area contributed by atoms with E-state index in [0.29, 0.717) is 18.0 Å². The molecule has 1 N–H and O–H groups in total. The number of amides is 1. The van der Waals surface area contributed by atoms with Crippen LogP contribution < -0.4 is 9.62 Å². The Morgan fingerprint density at radius 2 is 2.00 bits per heavy atom. The predicted octanol–water partition coefficient (Wildman–Crippen LogP) is 1.20. The minimum Gasteiger partial charge on any atom is -0.368 e. The minimum atomic E-state index is -3.28. The molecule has 0 saturated carbocycles. The molecule has 1 aliphatic rings. The maximum atomic E-state index is 11.9. The zero-order valence-electron chi connectivity index (χ0n) is 11.5. The van der Waals surface area contributed by atoms with Gasteiger partial charge in [-0.2, -0.15) is 0 Å². The highest BCUT2D eigenvalue weighted by atomic mass is 32.2. The van der Waals surface area contributed by atoms with Gasteiger partial charge in [0.25, 0.3) is 5.91 Å². The number of benzene rings is 1. The summed E-state index contributed by atoms with van der Waals surface area (Å²) in [4.78, 5) is 11.9. The van der Waals surface area contributed by atoms with Gasteiger partial charge in [0.1, 0.15) is 6.10 Å². The van der Waals surface area contributed by atoms with Gasteiger partial charge < -0.3 is 10.1 Å². The van der Waals surface area contributed by atoms with E-state index in [9.17, 15) is 13.2 Å². The monoisotopic (exact) mass is 298 g/mol. The van der Waals surface area contributed by atoms with E-state index in [4.69, 9.17) is 4.74 Å².